The van der Waals surface area contributed by atoms with Gasteiger partial charge >= 0.3 is 5.97 Å². The van der Waals surface area contributed by atoms with Crippen LogP contribution < -0.4 is 5.32 Å². The molecule has 0 amide bonds. The monoisotopic (exact) mass is 261 g/mol. The van der Waals surface area contributed by atoms with E-state index in [2.05, 4.69) is 12.2 Å². The number of carbonyl (C=O) groups excluding carboxylic acids is 1. The van der Waals surface area contributed by atoms with Crippen molar-refractivity contribution in [3.8, 4) is 0 Å². The van der Waals surface area contributed by atoms with E-state index < -0.39 is 0 Å². The van der Waals surface area contributed by atoms with E-state index in [1.54, 1.807) is 0 Å². The standard InChI is InChI=1S/C16H23NO2/c1-12-3-7-14(8-4-12)17-11-16(18)19-15-9-5-13(2)6-10-15/h3-4,7-8,13,15,17H,5-6,9-11H2,1-2H3. The first-order chi connectivity index (χ1) is 9.13. The molecule has 1 saturated carbocycles. The van der Waals surface area contributed by atoms with E-state index in [0.717, 1.165) is 24.4 Å². The van der Waals surface area contributed by atoms with Crippen LogP contribution in [-0.4, -0.2) is 18.6 Å². The molecule has 1 aromatic carbocycles. The van der Waals surface area contributed by atoms with E-state index in [0.29, 0.717) is 0 Å². The number of benzene rings is 1. The fraction of sp³-hybridized carbons (Fsp3) is 0.562. The van der Waals surface area contributed by atoms with E-state index >= 15 is 0 Å². The summed E-state index contributed by atoms with van der Waals surface area (Å²) in [4.78, 5) is 11.7. The Kier molecular flexibility index (Phi) is 4.83. The minimum Gasteiger partial charge on any atom is -0.461 e. The van der Waals surface area contributed by atoms with Gasteiger partial charge in [0.05, 0.1) is 0 Å². The van der Waals surface area contributed by atoms with Gasteiger partial charge in [0.25, 0.3) is 0 Å². The quantitative estimate of drug-likeness (QED) is 0.843. The minimum atomic E-state index is -0.153. The number of anilines is 1. The summed E-state index contributed by atoms with van der Waals surface area (Å²) in [5, 5.41) is 3.10. The Morgan fingerprint density at radius 3 is 2.47 bits per heavy atom. The molecule has 1 aliphatic rings. The molecule has 19 heavy (non-hydrogen) atoms. The molecule has 0 bridgehead atoms. The second-order valence-electron chi connectivity index (χ2n) is 5.59. The Bertz CT molecular complexity index is 405. The molecule has 0 heterocycles. The highest BCUT2D eigenvalue weighted by Gasteiger charge is 2.21. The van der Waals surface area contributed by atoms with Crippen molar-refractivity contribution >= 4 is 11.7 Å². The summed E-state index contributed by atoms with van der Waals surface area (Å²) in [5.74, 6) is 0.626. The van der Waals surface area contributed by atoms with Gasteiger partial charge < -0.3 is 10.1 Å². The van der Waals surface area contributed by atoms with Crippen molar-refractivity contribution in [2.24, 2.45) is 5.92 Å². The van der Waals surface area contributed by atoms with Crippen molar-refractivity contribution < 1.29 is 9.53 Å². The largest absolute Gasteiger partial charge is 0.461 e. The molecule has 1 fully saturated rings. The number of hydrogen-bond acceptors (Lipinski definition) is 3. The Morgan fingerprint density at radius 2 is 1.84 bits per heavy atom. The zero-order valence-corrected chi connectivity index (χ0v) is 11.8. The lowest BCUT2D eigenvalue weighted by atomic mass is 9.89. The third-order valence-electron chi connectivity index (χ3n) is 3.75. The van der Waals surface area contributed by atoms with Crippen LogP contribution in [-0.2, 0) is 9.53 Å². The molecule has 0 spiro atoms. The first-order valence-corrected chi connectivity index (χ1v) is 7.13. The summed E-state index contributed by atoms with van der Waals surface area (Å²) >= 11 is 0. The van der Waals surface area contributed by atoms with Gasteiger partial charge in [0.2, 0.25) is 0 Å². The fourth-order valence-electron chi connectivity index (χ4n) is 2.42. The molecule has 1 N–H and O–H groups in total. The second-order valence-corrected chi connectivity index (χ2v) is 5.59. The molecular weight excluding hydrogens is 238 g/mol. The highest BCUT2D eigenvalue weighted by Crippen LogP contribution is 2.25. The molecule has 1 aromatic rings. The molecule has 0 atom stereocenters. The Labute approximate surface area is 115 Å². The molecule has 3 nitrogen and oxygen atoms in total. The second kappa shape index (κ2) is 6.60. The Morgan fingerprint density at radius 1 is 1.21 bits per heavy atom. The summed E-state index contributed by atoms with van der Waals surface area (Å²) in [6.07, 6.45) is 4.49. The normalized spacial score (nSPS) is 22.8. The van der Waals surface area contributed by atoms with Crippen molar-refractivity contribution in [2.45, 2.75) is 45.6 Å². The number of carbonyl (C=O) groups is 1. The number of ether oxygens (including phenoxy) is 1. The molecule has 3 heteroatoms. The molecule has 0 unspecified atom stereocenters. The molecule has 1 aliphatic carbocycles. The van der Waals surface area contributed by atoms with Crippen LogP contribution in [0.2, 0.25) is 0 Å². The van der Waals surface area contributed by atoms with Gasteiger partial charge in [-0.05, 0) is 50.7 Å². The van der Waals surface area contributed by atoms with Crippen LogP contribution in [0.5, 0.6) is 0 Å². The molecule has 0 aliphatic heterocycles. The van der Waals surface area contributed by atoms with Gasteiger partial charge in [0, 0.05) is 5.69 Å². The summed E-state index contributed by atoms with van der Waals surface area (Å²) < 4.78 is 5.48. The Hall–Kier alpha value is -1.51. The summed E-state index contributed by atoms with van der Waals surface area (Å²) in [6.45, 7) is 4.55. The van der Waals surface area contributed by atoms with E-state index in [1.807, 2.05) is 31.2 Å². The third-order valence-corrected chi connectivity index (χ3v) is 3.75. The Balaban J connectivity index is 1.71. The molecule has 0 saturated heterocycles. The molecule has 104 valence electrons. The van der Waals surface area contributed by atoms with Crippen molar-refractivity contribution in [1.82, 2.24) is 0 Å². The van der Waals surface area contributed by atoms with Gasteiger partial charge in [-0.1, -0.05) is 24.6 Å². The summed E-state index contributed by atoms with van der Waals surface area (Å²) in [6, 6.07) is 8.00. The van der Waals surface area contributed by atoms with Crippen LogP contribution in [0.1, 0.15) is 38.2 Å². The average Bonchev–Trinajstić information content (AvgIpc) is 2.41. The van der Waals surface area contributed by atoms with Gasteiger partial charge in [-0.25, -0.2) is 0 Å². The van der Waals surface area contributed by atoms with Crippen LogP contribution in [0.25, 0.3) is 0 Å². The fourth-order valence-corrected chi connectivity index (χ4v) is 2.42. The van der Waals surface area contributed by atoms with Crippen molar-refractivity contribution in [2.75, 3.05) is 11.9 Å². The maximum Gasteiger partial charge on any atom is 0.325 e. The van der Waals surface area contributed by atoms with Crippen molar-refractivity contribution in [3.63, 3.8) is 0 Å². The predicted octanol–water partition coefficient (Wildman–Crippen LogP) is 3.53. The van der Waals surface area contributed by atoms with Crippen LogP contribution in [0.4, 0.5) is 5.69 Å². The number of rotatable bonds is 4. The average molecular weight is 261 g/mol. The smallest absolute Gasteiger partial charge is 0.325 e. The van der Waals surface area contributed by atoms with Crippen molar-refractivity contribution in [1.29, 1.82) is 0 Å². The maximum atomic E-state index is 11.7. The third kappa shape index (κ3) is 4.58. The van der Waals surface area contributed by atoms with E-state index in [4.69, 9.17) is 4.74 Å². The van der Waals surface area contributed by atoms with E-state index in [-0.39, 0.29) is 18.6 Å². The molecule has 0 aromatic heterocycles. The lowest BCUT2D eigenvalue weighted by Crippen LogP contribution is -2.27. The first kappa shape index (κ1) is 13.9. The van der Waals surface area contributed by atoms with Gasteiger partial charge in [0.15, 0.2) is 0 Å². The van der Waals surface area contributed by atoms with Crippen LogP contribution >= 0.6 is 0 Å². The van der Waals surface area contributed by atoms with Crippen LogP contribution in [0, 0.1) is 12.8 Å². The van der Waals surface area contributed by atoms with Gasteiger partial charge in [-0.2, -0.15) is 0 Å². The maximum absolute atomic E-state index is 11.7. The number of aryl methyl sites for hydroxylation is 1. The number of hydrogen-bond donors (Lipinski definition) is 1. The lowest BCUT2D eigenvalue weighted by molar-refractivity contribution is -0.148. The van der Waals surface area contributed by atoms with Gasteiger partial charge in [0.1, 0.15) is 12.6 Å². The highest BCUT2D eigenvalue weighted by atomic mass is 16.5. The van der Waals surface area contributed by atoms with E-state index in [1.165, 1.54) is 18.4 Å². The predicted molar refractivity (Wildman–Crippen MR) is 77.2 cm³/mol. The summed E-state index contributed by atoms with van der Waals surface area (Å²) in [7, 11) is 0. The van der Waals surface area contributed by atoms with Gasteiger partial charge in [-0.3, -0.25) is 4.79 Å². The topological polar surface area (TPSA) is 38.3 Å². The number of esters is 1. The zero-order valence-electron chi connectivity index (χ0n) is 11.8. The van der Waals surface area contributed by atoms with Gasteiger partial charge in [-0.15, -0.1) is 0 Å². The lowest BCUT2D eigenvalue weighted by Gasteiger charge is -2.26. The molecule has 2 rings (SSSR count). The number of nitrogens with one attached hydrogen (secondary N) is 1. The van der Waals surface area contributed by atoms with Crippen LogP contribution in [0.15, 0.2) is 24.3 Å². The first-order valence-electron chi connectivity index (χ1n) is 7.13. The minimum absolute atomic E-state index is 0.128. The highest BCUT2D eigenvalue weighted by molar-refractivity contribution is 5.75. The SMILES string of the molecule is Cc1ccc(NCC(=O)OC2CCC(C)CC2)cc1. The van der Waals surface area contributed by atoms with Crippen molar-refractivity contribution in [3.05, 3.63) is 29.8 Å². The zero-order chi connectivity index (χ0) is 13.7. The van der Waals surface area contributed by atoms with Crippen LogP contribution in [0.3, 0.4) is 0 Å². The molecular formula is C16H23NO2. The molecule has 0 radical (unpaired) electrons. The summed E-state index contributed by atoms with van der Waals surface area (Å²) in [5.41, 5.74) is 2.17. The van der Waals surface area contributed by atoms with E-state index in [9.17, 15) is 4.79 Å².